The number of thiazole rings is 1. The zero-order valence-corrected chi connectivity index (χ0v) is 22.7. The van der Waals surface area contributed by atoms with E-state index in [4.69, 9.17) is 9.72 Å². The lowest BCUT2D eigenvalue weighted by Gasteiger charge is -2.33. The first-order valence-corrected chi connectivity index (χ1v) is 14.1. The largest absolute Gasteiger partial charge is 0.497 e. The summed E-state index contributed by atoms with van der Waals surface area (Å²) >= 11 is 1.61. The van der Waals surface area contributed by atoms with E-state index in [0.29, 0.717) is 17.0 Å². The van der Waals surface area contributed by atoms with E-state index in [-0.39, 0.29) is 30.2 Å². The minimum atomic E-state index is -0.817. The van der Waals surface area contributed by atoms with Crippen LogP contribution in [0.15, 0.2) is 66.7 Å². The minimum Gasteiger partial charge on any atom is -0.497 e. The Bertz CT molecular complexity index is 1560. The third-order valence-electron chi connectivity index (χ3n) is 7.66. The first kappa shape index (κ1) is 25.2. The molecule has 7 nitrogen and oxygen atoms in total. The standard InChI is InChI=1S/C31H29N3O4S/c1-19-7-16-25-27(17-19)39-29(32-25)20-8-12-23(13-9-20)34-28(35)18-26(31(34)37)33(22-5-3-4-6-22)30(36)21-10-14-24(38-2)15-11-21/h7-17,22,26H,3-6,18H2,1-2H3. The van der Waals surface area contributed by atoms with Crippen molar-refractivity contribution in [1.29, 1.82) is 0 Å². The third kappa shape index (κ3) is 4.69. The van der Waals surface area contributed by atoms with Crippen molar-refractivity contribution in [2.24, 2.45) is 0 Å². The number of nitrogens with zero attached hydrogens (tertiary/aromatic N) is 3. The highest BCUT2D eigenvalue weighted by atomic mass is 32.1. The third-order valence-corrected chi connectivity index (χ3v) is 8.73. The van der Waals surface area contributed by atoms with E-state index in [1.165, 1.54) is 10.5 Å². The summed E-state index contributed by atoms with van der Waals surface area (Å²) in [6, 6.07) is 19.6. The second kappa shape index (κ2) is 10.3. The summed E-state index contributed by atoms with van der Waals surface area (Å²) in [6.45, 7) is 2.06. The lowest BCUT2D eigenvalue weighted by Crippen LogP contribution is -2.50. The molecule has 2 heterocycles. The highest BCUT2D eigenvalue weighted by molar-refractivity contribution is 7.21. The first-order chi connectivity index (χ1) is 18.9. The molecule has 0 radical (unpaired) electrons. The van der Waals surface area contributed by atoms with Gasteiger partial charge in [-0.3, -0.25) is 14.4 Å². The van der Waals surface area contributed by atoms with Crippen LogP contribution in [0.4, 0.5) is 5.69 Å². The lowest BCUT2D eigenvalue weighted by molar-refractivity contribution is -0.123. The van der Waals surface area contributed by atoms with Gasteiger partial charge in [-0.2, -0.15) is 0 Å². The van der Waals surface area contributed by atoms with Gasteiger partial charge < -0.3 is 9.64 Å². The van der Waals surface area contributed by atoms with Gasteiger partial charge in [0.25, 0.3) is 11.8 Å². The van der Waals surface area contributed by atoms with E-state index in [1.807, 2.05) is 24.3 Å². The average molecular weight is 540 g/mol. The van der Waals surface area contributed by atoms with E-state index >= 15 is 0 Å². The Kier molecular flexibility index (Phi) is 6.64. The van der Waals surface area contributed by atoms with Crippen LogP contribution in [0, 0.1) is 6.92 Å². The van der Waals surface area contributed by atoms with E-state index in [2.05, 4.69) is 13.0 Å². The van der Waals surface area contributed by atoms with Crippen LogP contribution >= 0.6 is 11.3 Å². The van der Waals surface area contributed by atoms with Gasteiger partial charge in [0.1, 0.15) is 16.8 Å². The lowest BCUT2D eigenvalue weighted by atomic mass is 10.1. The van der Waals surface area contributed by atoms with Crippen LogP contribution in [0.1, 0.15) is 48.0 Å². The average Bonchev–Trinajstić information content (AvgIpc) is 3.69. The van der Waals surface area contributed by atoms with Gasteiger partial charge >= 0.3 is 0 Å². The molecule has 1 atom stereocenters. The molecule has 1 aliphatic carbocycles. The van der Waals surface area contributed by atoms with E-state index in [9.17, 15) is 14.4 Å². The van der Waals surface area contributed by atoms with Crippen molar-refractivity contribution >= 4 is 45.0 Å². The van der Waals surface area contributed by atoms with Crippen LogP contribution in [0.2, 0.25) is 0 Å². The van der Waals surface area contributed by atoms with Crippen LogP contribution in [0.5, 0.6) is 5.75 Å². The van der Waals surface area contributed by atoms with Gasteiger partial charge in [-0.15, -0.1) is 11.3 Å². The SMILES string of the molecule is COc1ccc(C(=O)N(C2CCCC2)C2CC(=O)N(c3ccc(-c4nc5ccc(C)cc5s4)cc3)C2=O)cc1. The molecular weight excluding hydrogens is 510 g/mol. The monoisotopic (exact) mass is 539 g/mol. The van der Waals surface area contributed by atoms with Gasteiger partial charge in [0, 0.05) is 17.2 Å². The number of amides is 3. The van der Waals surface area contributed by atoms with E-state index in [1.54, 1.807) is 59.7 Å². The quantitative estimate of drug-likeness (QED) is 0.281. The van der Waals surface area contributed by atoms with Gasteiger partial charge in [0.05, 0.1) is 29.4 Å². The molecule has 3 amide bonds. The Morgan fingerprint density at radius 3 is 2.41 bits per heavy atom. The zero-order valence-electron chi connectivity index (χ0n) is 21.9. The molecule has 1 unspecified atom stereocenters. The molecule has 2 aliphatic rings. The smallest absolute Gasteiger partial charge is 0.257 e. The molecule has 0 spiro atoms. The summed E-state index contributed by atoms with van der Waals surface area (Å²) in [4.78, 5) is 48.3. The van der Waals surface area contributed by atoms with E-state index < -0.39 is 6.04 Å². The van der Waals surface area contributed by atoms with Crippen molar-refractivity contribution in [1.82, 2.24) is 9.88 Å². The number of fused-ring (bicyclic) bond motifs is 1. The fourth-order valence-electron chi connectivity index (χ4n) is 5.64. The number of hydrogen-bond acceptors (Lipinski definition) is 6. The number of aromatic nitrogens is 1. The number of carbonyl (C=O) groups is 3. The zero-order chi connectivity index (χ0) is 27.1. The van der Waals surface area contributed by atoms with Gasteiger partial charge in [0.2, 0.25) is 5.91 Å². The Hall–Kier alpha value is -4.04. The molecule has 0 bridgehead atoms. The molecule has 3 aromatic carbocycles. The van der Waals surface area contributed by atoms with Crippen molar-refractivity contribution in [3.8, 4) is 16.3 Å². The fourth-order valence-corrected chi connectivity index (χ4v) is 6.71. The van der Waals surface area contributed by atoms with Gasteiger partial charge in [0.15, 0.2) is 0 Å². The maximum atomic E-state index is 13.7. The number of carbonyl (C=O) groups excluding carboxylic acids is 3. The number of rotatable bonds is 6. The predicted octanol–water partition coefficient (Wildman–Crippen LogP) is 6.00. The number of anilines is 1. The molecule has 1 saturated carbocycles. The van der Waals surface area contributed by atoms with Crippen molar-refractivity contribution in [2.45, 2.75) is 51.1 Å². The van der Waals surface area contributed by atoms with Gasteiger partial charge in [-0.05, 0) is 86.0 Å². The predicted molar refractivity (Wildman–Crippen MR) is 152 cm³/mol. The summed E-state index contributed by atoms with van der Waals surface area (Å²) in [6.07, 6.45) is 3.65. The molecule has 6 rings (SSSR count). The van der Waals surface area contributed by atoms with Crippen LogP contribution in [-0.4, -0.2) is 46.8 Å². The Morgan fingerprint density at radius 1 is 1.00 bits per heavy atom. The maximum absolute atomic E-state index is 13.7. The number of methoxy groups -OCH3 is 1. The van der Waals surface area contributed by atoms with E-state index in [0.717, 1.165) is 46.5 Å². The summed E-state index contributed by atoms with van der Waals surface area (Å²) < 4.78 is 6.35. The van der Waals surface area contributed by atoms with Crippen molar-refractivity contribution in [2.75, 3.05) is 12.0 Å². The number of benzene rings is 3. The summed E-state index contributed by atoms with van der Waals surface area (Å²) in [5.74, 6) is -0.212. The molecule has 198 valence electrons. The second-order valence-corrected chi connectivity index (χ2v) is 11.2. The van der Waals surface area contributed by atoms with Crippen LogP contribution in [0.3, 0.4) is 0 Å². The second-order valence-electron chi connectivity index (χ2n) is 10.2. The summed E-state index contributed by atoms with van der Waals surface area (Å²) in [5, 5.41) is 0.886. The maximum Gasteiger partial charge on any atom is 0.257 e. The molecule has 0 N–H and O–H groups in total. The number of ether oxygens (including phenoxy) is 1. The molecule has 8 heteroatoms. The van der Waals surface area contributed by atoms with Crippen LogP contribution in [0.25, 0.3) is 20.8 Å². The molecular formula is C31H29N3O4S. The molecule has 1 aliphatic heterocycles. The fraction of sp³-hybridized carbons (Fsp3) is 0.290. The summed E-state index contributed by atoms with van der Waals surface area (Å²) in [7, 11) is 1.57. The highest BCUT2D eigenvalue weighted by Crippen LogP contribution is 2.35. The summed E-state index contributed by atoms with van der Waals surface area (Å²) in [5.41, 5.74) is 4.06. The Morgan fingerprint density at radius 2 is 1.72 bits per heavy atom. The number of aryl methyl sites for hydroxylation is 1. The van der Waals surface area contributed by atoms with Gasteiger partial charge in [-0.1, -0.05) is 18.9 Å². The normalized spacial score (nSPS) is 17.8. The Balaban J connectivity index is 1.26. The van der Waals surface area contributed by atoms with Crippen molar-refractivity contribution in [3.63, 3.8) is 0 Å². The van der Waals surface area contributed by atoms with Crippen molar-refractivity contribution in [3.05, 3.63) is 77.9 Å². The van der Waals surface area contributed by atoms with Gasteiger partial charge in [-0.25, -0.2) is 9.88 Å². The number of hydrogen-bond donors (Lipinski definition) is 0. The molecule has 39 heavy (non-hydrogen) atoms. The topological polar surface area (TPSA) is 79.8 Å². The molecule has 4 aromatic rings. The van der Waals surface area contributed by atoms with Crippen LogP contribution in [-0.2, 0) is 9.59 Å². The molecule has 1 saturated heterocycles. The minimum absolute atomic E-state index is 0.0177. The Labute approximate surface area is 231 Å². The molecule has 2 fully saturated rings. The van der Waals surface area contributed by atoms with Crippen LogP contribution < -0.4 is 9.64 Å². The number of imide groups is 1. The van der Waals surface area contributed by atoms with Crippen molar-refractivity contribution < 1.29 is 19.1 Å². The first-order valence-electron chi connectivity index (χ1n) is 13.2. The molecule has 1 aromatic heterocycles. The highest BCUT2D eigenvalue weighted by Gasteiger charge is 2.47.